The Morgan fingerprint density at radius 2 is 0.891 bits per heavy atom. The van der Waals surface area contributed by atoms with Crippen molar-refractivity contribution >= 4 is 90.9 Å². The molecule has 0 amide bonds. The number of rotatable bonds is 6. The zero-order valence-corrected chi connectivity index (χ0v) is 31.4. The lowest BCUT2D eigenvalue weighted by Gasteiger charge is -2.29. The summed E-state index contributed by atoms with van der Waals surface area (Å²) in [5.41, 5.74) is 10.6. The van der Waals surface area contributed by atoms with Gasteiger partial charge in [-0.2, -0.15) is 0 Å². The van der Waals surface area contributed by atoms with Crippen molar-refractivity contribution in [3.05, 3.63) is 200 Å². The van der Waals surface area contributed by atoms with E-state index < -0.39 is 0 Å². The van der Waals surface area contributed by atoms with Gasteiger partial charge < -0.3 is 4.90 Å². The second kappa shape index (κ2) is 13.1. The minimum absolute atomic E-state index is 1.11. The van der Waals surface area contributed by atoms with Gasteiger partial charge in [0.15, 0.2) is 0 Å². The van der Waals surface area contributed by atoms with E-state index in [0.717, 1.165) is 17.1 Å². The van der Waals surface area contributed by atoms with E-state index in [9.17, 15) is 0 Å². The van der Waals surface area contributed by atoms with E-state index in [2.05, 4.69) is 205 Å². The summed E-state index contributed by atoms with van der Waals surface area (Å²) in [6, 6.07) is 73.5. The summed E-state index contributed by atoms with van der Waals surface area (Å²) < 4.78 is 5.27. The molecule has 55 heavy (non-hydrogen) atoms. The zero-order chi connectivity index (χ0) is 36.3. The molecular weight excluding hydrogens is 703 g/mol. The van der Waals surface area contributed by atoms with Crippen molar-refractivity contribution in [2.24, 2.45) is 0 Å². The highest BCUT2D eigenvalue weighted by Gasteiger charge is 2.20. The summed E-state index contributed by atoms with van der Waals surface area (Å²) in [5.74, 6) is 0. The number of thiophene rings is 2. The summed E-state index contributed by atoms with van der Waals surface area (Å²) >= 11 is 3.75. The van der Waals surface area contributed by atoms with Gasteiger partial charge in [0.1, 0.15) is 0 Å². The quantitative estimate of drug-likeness (QED) is 0.164. The van der Waals surface area contributed by atoms with Crippen LogP contribution in [-0.2, 0) is 0 Å². The number of hydrogen-bond acceptors (Lipinski definition) is 3. The highest BCUT2D eigenvalue weighted by Crippen LogP contribution is 2.46. The molecule has 0 aliphatic heterocycles. The van der Waals surface area contributed by atoms with Crippen molar-refractivity contribution in [1.29, 1.82) is 0 Å². The van der Waals surface area contributed by atoms with Crippen LogP contribution in [-0.4, -0.2) is 0 Å². The molecule has 258 valence electrons. The van der Waals surface area contributed by atoms with Crippen molar-refractivity contribution in [3.63, 3.8) is 0 Å². The van der Waals surface area contributed by atoms with Gasteiger partial charge in [-0.15, -0.1) is 22.7 Å². The van der Waals surface area contributed by atoms with E-state index in [1.165, 1.54) is 84.5 Å². The van der Waals surface area contributed by atoms with Crippen LogP contribution in [0.15, 0.2) is 200 Å². The molecule has 9 aromatic carbocycles. The number of fused-ring (bicyclic) bond motifs is 7. The lowest BCUT2D eigenvalue weighted by Crippen LogP contribution is -2.11. The van der Waals surface area contributed by atoms with Crippen molar-refractivity contribution in [2.45, 2.75) is 0 Å². The maximum Gasteiger partial charge on any atom is 0.0540 e. The molecule has 0 N–H and O–H groups in total. The van der Waals surface area contributed by atoms with Crippen LogP contribution < -0.4 is 4.90 Å². The molecule has 0 bridgehead atoms. The number of hydrogen-bond donors (Lipinski definition) is 0. The third-order valence-corrected chi connectivity index (χ3v) is 13.2. The molecule has 0 aliphatic rings. The average Bonchev–Trinajstić information content (AvgIpc) is 3.83. The Balaban J connectivity index is 1.13. The monoisotopic (exact) mass is 735 g/mol. The first kappa shape index (κ1) is 32.0. The molecule has 0 aliphatic carbocycles. The second-order valence-corrected chi connectivity index (χ2v) is 16.2. The molecule has 0 fully saturated rings. The SMILES string of the molecule is c1cc(-c2cccc3c2sc2ccccc23)cc(N(c2cccc(-c3cccc4sc5ccccc5c34)c2)c2ccccc2-c2ccc3ccccc3c2)c1. The van der Waals surface area contributed by atoms with Crippen LogP contribution in [0.2, 0.25) is 0 Å². The third kappa shape index (κ3) is 5.43. The first-order valence-corrected chi connectivity index (χ1v) is 20.3. The molecule has 1 nitrogen and oxygen atoms in total. The van der Waals surface area contributed by atoms with E-state index in [4.69, 9.17) is 0 Å². The minimum Gasteiger partial charge on any atom is -0.310 e. The van der Waals surface area contributed by atoms with Gasteiger partial charge >= 0.3 is 0 Å². The minimum atomic E-state index is 1.11. The number of anilines is 3. The Labute approximate surface area is 327 Å². The van der Waals surface area contributed by atoms with Crippen LogP contribution in [0, 0.1) is 0 Å². The van der Waals surface area contributed by atoms with Crippen molar-refractivity contribution in [1.82, 2.24) is 0 Å². The molecule has 3 heteroatoms. The Kier molecular flexibility index (Phi) is 7.61. The Hall–Kier alpha value is -6.52. The van der Waals surface area contributed by atoms with E-state index in [1.54, 1.807) is 0 Å². The number of benzene rings is 9. The third-order valence-electron chi connectivity index (χ3n) is 10.8. The van der Waals surface area contributed by atoms with Crippen LogP contribution in [0.3, 0.4) is 0 Å². The first-order chi connectivity index (χ1) is 27.3. The summed E-state index contributed by atoms with van der Waals surface area (Å²) in [5, 5.41) is 7.73. The number of nitrogens with zero attached hydrogens (tertiary/aromatic N) is 1. The summed E-state index contributed by atoms with van der Waals surface area (Å²) in [6.45, 7) is 0. The zero-order valence-electron chi connectivity index (χ0n) is 29.8. The van der Waals surface area contributed by atoms with Crippen LogP contribution in [0.4, 0.5) is 17.1 Å². The predicted molar refractivity (Wildman–Crippen MR) is 241 cm³/mol. The molecule has 2 heterocycles. The Morgan fingerprint density at radius 3 is 1.73 bits per heavy atom. The van der Waals surface area contributed by atoms with Crippen molar-refractivity contribution < 1.29 is 0 Å². The van der Waals surface area contributed by atoms with Crippen LogP contribution >= 0.6 is 22.7 Å². The van der Waals surface area contributed by atoms with Gasteiger partial charge in [0.2, 0.25) is 0 Å². The van der Waals surface area contributed by atoms with E-state index in [0.29, 0.717) is 0 Å². The van der Waals surface area contributed by atoms with Gasteiger partial charge in [0.05, 0.1) is 5.69 Å². The molecule has 11 rings (SSSR count). The highest BCUT2D eigenvalue weighted by atomic mass is 32.1. The van der Waals surface area contributed by atoms with Crippen LogP contribution in [0.5, 0.6) is 0 Å². The fraction of sp³-hybridized carbons (Fsp3) is 0. The van der Waals surface area contributed by atoms with E-state index in [-0.39, 0.29) is 0 Å². The van der Waals surface area contributed by atoms with Gasteiger partial charge in [0, 0.05) is 57.3 Å². The molecule has 0 saturated heterocycles. The largest absolute Gasteiger partial charge is 0.310 e. The van der Waals surface area contributed by atoms with Gasteiger partial charge in [-0.25, -0.2) is 0 Å². The van der Waals surface area contributed by atoms with E-state index >= 15 is 0 Å². The maximum absolute atomic E-state index is 2.45. The molecular formula is C52H33NS2. The summed E-state index contributed by atoms with van der Waals surface area (Å²) in [4.78, 5) is 2.45. The molecule has 0 atom stereocenters. The fourth-order valence-electron chi connectivity index (χ4n) is 8.31. The lowest BCUT2D eigenvalue weighted by molar-refractivity contribution is 1.28. The highest BCUT2D eigenvalue weighted by molar-refractivity contribution is 7.26. The molecule has 2 aromatic heterocycles. The first-order valence-electron chi connectivity index (χ1n) is 18.7. The van der Waals surface area contributed by atoms with Crippen LogP contribution in [0.1, 0.15) is 0 Å². The molecule has 0 saturated carbocycles. The van der Waals surface area contributed by atoms with Crippen LogP contribution in [0.25, 0.3) is 84.5 Å². The number of para-hydroxylation sites is 1. The summed E-state index contributed by atoms with van der Waals surface area (Å²) in [6.07, 6.45) is 0. The standard InChI is InChI=1S/C52H33NS2/c1-2-14-35-31-38(30-29-34(35)13-1)41-19-3-6-25-47(41)53(39-17-9-15-36(32-39)42-22-12-28-50-51(42)46-21-5-8-27-49(46)54-50)40-18-10-16-37(33-40)43-23-11-24-45-44-20-4-7-26-48(44)55-52(43)45/h1-33H. The Bertz CT molecular complexity index is 3240. The van der Waals surface area contributed by atoms with Gasteiger partial charge in [-0.1, -0.05) is 146 Å². The fourth-order valence-corrected chi connectivity index (χ4v) is 10.7. The Morgan fingerprint density at radius 1 is 0.327 bits per heavy atom. The van der Waals surface area contributed by atoms with Crippen molar-refractivity contribution in [3.8, 4) is 33.4 Å². The smallest absolute Gasteiger partial charge is 0.0540 e. The molecule has 0 radical (unpaired) electrons. The van der Waals surface area contributed by atoms with Crippen molar-refractivity contribution in [2.75, 3.05) is 4.90 Å². The molecule has 0 spiro atoms. The normalized spacial score (nSPS) is 11.6. The predicted octanol–water partition coefficient (Wildman–Crippen LogP) is 16.0. The van der Waals surface area contributed by atoms with Gasteiger partial charge in [-0.05, 0) is 93.2 Å². The van der Waals surface area contributed by atoms with Gasteiger partial charge in [-0.3, -0.25) is 0 Å². The molecule has 11 aromatic rings. The average molecular weight is 736 g/mol. The van der Waals surface area contributed by atoms with Gasteiger partial charge in [0.25, 0.3) is 0 Å². The maximum atomic E-state index is 2.45. The second-order valence-electron chi connectivity index (χ2n) is 14.1. The lowest BCUT2D eigenvalue weighted by atomic mass is 9.97. The summed E-state index contributed by atoms with van der Waals surface area (Å²) in [7, 11) is 0. The topological polar surface area (TPSA) is 3.24 Å². The van der Waals surface area contributed by atoms with E-state index in [1.807, 2.05) is 22.7 Å². The molecule has 0 unspecified atom stereocenters.